The Morgan fingerprint density at radius 2 is 2.25 bits per heavy atom. The first-order chi connectivity index (χ1) is 9.65. The lowest BCUT2D eigenvalue weighted by atomic mass is 10.0. The molecule has 1 aromatic heterocycles. The van der Waals surface area contributed by atoms with Crippen molar-refractivity contribution in [3.05, 3.63) is 29.8 Å². The van der Waals surface area contributed by atoms with Crippen LogP contribution < -0.4 is 10.5 Å². The summed E-state index contributed by atoms with van der Waals surface area (Å²) in [4.78, 5) is 0. The Morgan fingerprint density at radius 3 is 2.85 bits per heavy atom. The van der Waals surface area contributed by atoms with Gasteiger partial charge in [-0.2, -0.15) is 0 Å². The molecule has 7 heteroatoms. The minimum Gasteiger partial charge on any atom is -0.497 e. The molecule has 2 unspecified atom stereocenters. The molecule has 0 bridgehead atoms. The van der Waals surface area contributed by atoms with Crippen molar-refractivity contribution in [1.29, 1.82) is 0 Å². The summed E-state index contributed by atoms with van der Waals surface area (Å²) in [6.45, 7) is 2.08. The summed E-state index contributed by atoms with van der Waals surface area (Å²) in [5, 5.41) is 12.4. The van der Waals surface area contributed by atoms with Crippen LogP contribution in [0.15, 0.2) is 29.4 Å². The van der Waals surface area contributed by atoms with Gasteiger partial charge in [0.25, 0.3) is 0 Å². The normalized spacial score (nSPS) is 14.0. The topological polar surface area (TPSA) is 78.9 Å². The Hall–Kier alpha value is -1.60. The van der Waals surface area contributed by atoms with E-state index in [2.05, 4.69) is 28.5 Å². The van der Waals surface area contributed by atoms with Crippen molar-refractivity contribution in [2.24, 2.45) is 12.8 Å². The number of methoxy groups -OCH3 is 1. The Labute approximate surface area is 122 Å². The van der Waals surface area contributed by atoms with Gasteiger partial charge in [-0.15, -0.1) is 5.10 Å². The van der Waals surface area contributed by atoms with E-state index >= 15 is 0 Å². The van der Waals surface area contributed by atoms with E-state index in [1.807, 2.05) is 25.2 Å². The zero-order valence-corrected chi connectivity index (χ0v) is 12.7. The minimum absolute atomic E-state index is 0.0174. The van der Waals surface area contributed by atoms with Gasteiger partial charge in [-0.25, -0.2) is 4.68 Å². The Morgan fingerprint density at radius 1 is 1.45 bits per heavy atom. The van der Waals surface area contributed by atoms with Crippen LogP contribution in [0.3, 0.4) is 0 Å². The molecule has 20 heavy (non-hydrogen) atoms. The lowest BCUT2D eigenvalue weighted by Crippen LogP contribution is -2.26. The van der Waals surface area contributed by atoms with Crippen molar-refractivity contribution >= 4 is 11.8 Å². The molecule has 0 radical (unpaired) electrons. The van der Waals surface area contributed by atoms with Crippen LogP contribution in [0.2, 0.25) is 0 Å². The molecular formula is C13H19N5OS. The number of nitrogens with two attached hydrogens (primary N) is 1. The van der Waals surface area contributed by atoms with E-state index < -0.39 is 0 Å². The molecule has 0 saturated heterocycles. The molecule has 2 rings (SSSR count). The second-order valence-corrected chi connectivity index (χ2v) is 5.58. The number of benzene rings is 1. The molecule has 0 fully saturated rings. The van der Waals surface area contributed by atoms with Crippen molar-refractivity contribution in [2.45, 2.75) is 29.8 Å². The van der Waals surface area contributed by atoms with Gasteiger partial charge in [-0.05, 0) is 34.5 Å². The summed E-state index contributed by atoms with van der Waals surface area (Å²) in [6.07, 6.45) is 0.875. The molecule has 0 aliphatic rings. The van der Waals surface area contributed by atoms with Gasteiger partial charge in [-0.3, -0.25) is 0 Å². The summed E-state index contributed by atoms with van der Waals surface area (Å²) >= 11 is 1.57. The quantitative estimate of drug-likeness (QED) is 0.818. The fourth-order valence-corrected chi connectivity index (χ4v) is 3.02. The second-order valence-electron chi connectivity index (χ2n) is 4.47. The molecule has 108 valence electrons. The summed E-state index contributed by atoms with van der Waals surface area (Å²) in [5.74, 6) is 0.826. The van der Waals surface area contributed by atoms with Crippen LogP contribution in [0.25, 0.3) is 0 Å². The first kappa shape index (κ1) is 14.8. The van der Waals surface area contributed by atoms with Crippen molar-refractivity contribution in [3.63, 3.8) is 0 Å². The van der Waals surface area contributed by atoms with Crippen molar-refractivity contribution in [1.82, 2.24) is 20.2 Å². The molecule has 1 heterocycles. The van der Waals surface area contributed by atoms with Gasteiger partial charge in [0.15, 0.2) is 0 Å². The number of ether oxygens (including phenoxy) is 1. The third-order valence-corrected chi connectivity index (χ3v) is 4.53. The molecule has 0 spiro atoms. The molecule has 2 N–H and O–H groups in total. The van der Waals surface area contributed by atoms with Gasteiger partial charge in [0.05, 0.1) is 12.4 Å². The molecule has 0 saturated carbocycles. The molecule has 6 nitrogen and oxygen atoms in total. The third-order valence-electron chi connectivity index (χ3n) is 3.10. The smallest absolute Gasteiger partial charge is 0.209 e. The number of aryl methyl sites for hydroxylation is 1. The van der Waals surface area contributed by atoms with E-state index in [0.717, 1.165) is 22.9 Å². The molecule has 0 amide bonds. The van der Waals surface area contributed by atoms with E-state index in [9.17, 15) is 0 Å². The van der Waals surface area contributed by atoms with Gasteiger partial charge in [0, 0.05) is 13.1 Å². The van der Waals surface area contributed by atoms with Gasteiger partial charge in [0.1, 0.15) is 5.75 Å². The summed E-state index contributed by atoms with van der Waals surface area (Å²) < 4.78 is 6.93. The lowest BCUT2D eigenvalue weighted by molar-refractivity contribution is 0.414. The first-order valence-electron chi connectivity index (χ1n) is 6.44. The Bertz CT molecular complexity index is 559. The van der Waals surface area contributed by atoms with E-state index in [-0.39, 0.29) is 11.3 Å². The highest BCUT2D eigenvalue weighted by molar-refractivity contribution is 7.99. The van der Waals surface area contributed by atoms with Crippen molar-refractivity contribution in [3.8, 4) is 5.75 Å². The van der Waals surface area contributed by atoms with Gasteiger partial charge in [0.2, 0.25) is 5.16 Å². The fraction of sp³-hybridized carbons (Fsp3) is 0.462. The average Bonchev–Trinajstić information content (AvgIpc) is 2.89. The molecule has 0 aliphatic heterocycles. The van der Waals surface area contributed by atoms with Crippen molar-refractivity contribution < 1.29 is 4.74 Å². The van der Waals surface area contributed by atoms with E-state index in [1.54, 1.807) is 23.6 Å². The monoisotopic (exact) mass is 293 g/mol. The molecular weight excluding hydrogens is 274 g/mol. The predicted octanol–water partition coefficient (Wildman–Crippen LogP) is 1.79. The number of rotatable bonds is 6. The summed E-state index contributed by atoms with van der Waals surface area (Å²) in [7, 11) is 3.48. The van der Waals surface area contributed by atoms with Crippen LogP contribution in [0.5, 0.6) is 5.75 Å². The van der Waals surface area contributed by atoms with Crippen LogP contribution in [-0.4, -0.2) is 33.4 Å². The Kier molecular flexibility index (Phi) is 4.97. The van der Waals surface area contributed by atoms with Crippen LogP contribution in [0.4, 0.5) is 0 Å². The minimum atomic E-state index is 0.0174. The van der Waals surface area contributed by atoms with E-state index in [0.29, 0.717) is 0 Å². The van der Waals surface area contributed by atoms with Crippen LogP contribution in [0.1, 0.15) is 24.2 Å². The maximum absolute atomic E-state index is 6.27. The number of aromatic nitrogens is 4. The maximum atomic E-state index is 6.27. The van der Waals surface area contributed by atoms with Crippen LogP contribution in [-0.2, 0) is 7.05 Å². The standard InChI is InChI=1S/C13H19N5OS/c1-4-11(14)12(20-13-15-16-17-18(13)2)9-6-5-7-10(8-9)19-3/h5-8,11-12H,4,14H2,1-3H3. The molecule has 0 aliphatic carbocycles. The van der Waals surface area contributed by atoms with E-state index in [4.69, 9.17) is 10.5 Å². The number of thioether (sulfide) groups is 1. The second kappa shape index (κ2) is 6.71. The van der Waals surface area contributed by atoms with E-state index in [1.165, 1.54) is 0 Å². The van der Waals surface area contributed by atoms with Crippen LogP contribution >= 0.6 is 11.8 Å². The highest BCUT2D eigenvalue weighted by Crippen LogP contribution is 2.37. The zero-order valence-electron chi connectivity index (χ0n) is 11.9. The largest absolute Gasteiger partial charge is 0.497 e. The lowest BCUT2D eigenvalue weighted by Gasteiger charge is -2.22. The summed E-state index contributed by atoms with van der Waals surface area (Å²) in [5.41, 5.74) is 7.39. The number of nitrogens with zero attached hydrogens (tertiary/aromatic N) is 4. The number of hydrogen-bond donors (Lipinski definition) is 1. The molecule has 2 atom stereocenters. The first-order valence-corrected chi connectivity index (χ1v) is 7.32. The fourth-order valence-electron chi connectivity index (χ4n) is 1.87. The van der Waals surface area contributed by atoms with Gasteiger partial charge in [-0.1, -0.05) is 30.8 Å². The van der Waals surface area contributed by atoms with Gasteiger partial charge >= 0.3 is 0 Å². The number of hydrogen-bond acceptors (Lipinski definition) is 6. The SMILES string of the molecule is CCC(N)C(Sc1nnnn1C)c1cccc(OC)c1. The number of tetrazole rings is 1. The predicted molar refractivity (Wildman–Crippen MR) is 78.7 cm³/mol. The molecule has 2 aromatic rings. The van der Waals surface area contributed by atoms with Gasteiger partial charge < -0.3 is 10.5 Å². The molecule has 1 aromatic carbocycles. The van der Waals surface area contributed by atoms with Crippen molar-refractivity contribution in [2.75, 3.05) is 7.11 Å². The van der Waals surface area contributed by atoms with Crippen LogP contribution in [0, 0.1) is 0 Å². The average molecular weight is 293 g/mol. The zero-order chi connectivity index (χ0) is 14.5. The third kappa shape index (κ3) is 3.29. The Balaban J connectivity index is 2.29. The highest BCUT2D eigenvalue weighted by Gasteiger charge is 2.22. The highest BCUT2D eigenvalue weighted by atomic mass is 32.2. The maximum Gasteiger partial charge on any atom is 0.209 e. The summed E-state index contributed by atoms with van der Waals surface area (Å²) in [6, 6.07) is 7.98.